The molecule has 9 heteroatoms. The molecule has 0 aromatic carbocycles. The number of hydrogen-bond acceptors (Lipinski definition) is 9. The average molecular weight is 450 g/mol. The number of nitrogens with zero attached hydrogens (tertiary/aromatic N) is 7. The van der Waals surface area contributed by atoms with Gasteiger partial charge in [0.15, 0.2) is 0 Å². The van der Waals surface area contributed by atoms with Gasteiger partial charge in [0.1, 0.15) is 0 Å². The maximum Gasteiger partial charge on any atom is 0.226 e. The first-order valence-corrected chi connectivity index (χ1v) is 12.3. The van der Waals surface area contributed by atoms with Crippen LogP contribution in [0.5, 0.6) is 0 Å². The fourth-order valence-corrected chi connectivity index (χ4v) is 5.63. The van der Waals surface area contributed by atoms with Crippen LogP contribution < -0.4 is 9.80 Å². The van der Waals surface area contributed by atoms with E-state index in [9.17, 15) is 0 Å². The number of thiophene rings is 1. The summed E-state index contributed by atoms with van der Waals surface area (Å²) in [6.07, 6.45) is 6.36. The van der Waals surface area contributed by atoms with E-state index < -0.39 is 0 Å². The highest BCUT2D eigenvalue weighted by atomic mass is 32.1. The van der Waals surface area contributed by atoms with E-state index in [4.69, 9.17) is 19.7 Å². The second kappa shape index (κ2) is 8.73. The van der Waals surface area contributed by atoms with Gasteiger partial charge in [0, 0.05) is 56.7 Å². The SMILES string of the molecule is c1csc(-c2nc(N3CCN4CCC[C@@H]4C3)ncc2-c2ccnc(N3CCOCC3)n2)c1. The fraction of sp³-hybridized carbons (Fsp3) is 0.478. The number of aromatic nitrogens is 4. The van der Waals surface area contributed by atoms with Crippen LogP contribution in [-0.4, -0.2) is 83.4 Å². The van der Waals surface area contributed by atoms with E-state index in [1.807, 2.05) is 18.5 Å². The highest BCUT2D eigenvalue weighted by Crippen LogP contribution is 2.34. The predicted molar refractivity (Wildman–Crippen MR) is 126 cm³/mol. The zero-order valence-electron chi connectivity index (χ0n) is 18.1. The lowest BCUT2D eigenvalue weighted by molar-refractivity contribution is 0.122. The summed E-state index contributed by atoms with van der Waals surface area (Å²) in [6, 6.07) is 6.79. The minimum atomic E-state index is 0.634. The normalized spacial score (nSPS) is 21.7. The Bertz CT molecular complexity index is 1070. The topological polar surface area (TPSA) is 70.5 Å². The van der Waals surface area contributed by atoms with Crippen molar-refractivity contribution in [3.05, 3.63) is 36.0 Å². The van der Waals surface area contributed by atoms with Crippen molar-refractivity contribution < 1.29 is 4.74 Å². The van der Waals surface area contributed by atoms with Gasteiger partial charge in [-0.3, -0.25) is 4.90 Å². The summed E-state index contributed by atoms with van der Waals surface area (Å²) >= 11 is 1.70. The number of fused-ring (bicyclic) bond motifs is 1. The van der Waals surface area contributed by atoms with Crippen LogP contribution in [0.15, 0.2) is 36.0 Å². The molecule has 0 amide bonds. The first-order valence-electron chi connectivity index (χ1n) is 11.4. The maximum atomic E-state index is 5.48. The fourth-order valence-electron chi connectivity index (χ4n) is 4.90. The van der Waals surface area contributed by atoms with Gasteiger partial charge in [0.2, 0.25) is 11.9 Å². The van der Waals surface area contributed by atoms with Crippen LogP contribution in [-0.2, 0) is 4.74 Å². The highest BCUT2D eigenvalue weighted by Gasteiger charge is 2.32. The number of ether oxygens (including phenoxy) is 1. The van der Waals surface area contributed by atoms with Crippen LogP contribution in [0.1, 0.15) is 12.8 Å². The van der Waals surface area contributed by atoms with Gasteiger partial charge in [-0.25, -0.2) is 19.9 Å². The van der Waals surface area contributed by atoms with Crippen LogP contribution in [0.4, 0.5) is 11.9 Å². The number of piperazine rings is 1. The van der Waals surface area contributed by atoms with E-state index in [-0.39, 0.29) is 0 Å². The molecule has 3 aliphatic heterocycles. The first-order chi connectivity index (χ1) is 15.8. The quantitative estimate of drug-likeness (QED) is 0.602. The van der Waals surface area contributed by atoms with E-state index in [0.29, 0.717) is 19.3 Å². The Morgan fingerprint density at radius 3 is 2.72 bits per heavy atom. The van der Waals surface area contributed by atoms with Gasteiger partial charge >= 0.3 is 0 Å². The van der Waals surface area contributed by atoms with E-state index in [1.165, 1.54) is 19.4 Å². The average Bonchev–Trinajstić information content (AvgIpc) is 3.56. The Morgan fingerprint density at radius 1 is 0.938 bits per heavy atom. The van der Waals surface area contributed by atoms with E-state index in [0.717, 1.165) is 66.4 Å². The second-order valence-electron chi connectivity index (χ2n) is 8.53. The third kappa shape index (κ3) is 3.85. The lowest BCUT2D eigenvalue weighted by Crippen LogP contribution is -2.50. The van der Waals surface area contributed by atoms with Gasteiger partial charge in [0.25, 0.3) is 0 Å². The first kappa shape index (κ1) is 20.0. The van der Waals surface area contributed by atoms with Crippen LogP contribution in [0.3, 0.4) is 0 Å². The Morgan fingerprint density at radius 2 is 1.84 bits per heavy atom. The number of hydrogen-bond donors (Lipinski definition) is 0. The van der Waals surface area contributed by atoms with Crippen LogP contribution in [0.25, 0.3) is 21.8 Å². The molecule has 0 spiro atoms. The monoisotopic (exact) mass is 449 g/mol. The van der Waals surface area contributed by atoms with Crippen LogP contribution >= 0.6 is 11.3 Å². The molecule has 32 heavy (non-hydrogen) atoms. The predicted octanol–water partition coefficient (Wildman–Crippen LogP) is 2.78. The molecular weight excluding hydrogens is 422 g/mol. The third-order valence-corrected chi connectivity index (χ3v) is 7.49. The molecular formula is C23H27N7OS. The van der Waals surface area contributed by atoms with Crippen molar-refractivity contribution in [3.63, 3.8) is 0 Å². The van der Waals surface area contributed by atoms with Crippen molar-refractivity contribution in [2.24, 2.45) is 0 Å². The van der Waals surface area contributed by atoms with Gasteiger partial charge in [0.05, 0.1) is 29.5 Å². The summed E-state index contributed by atoms with van der Waals surface area (Å²) in [7, 11) is 0. The molecule has 6 heterocycles. The zero-order valence-corrected chi connectivity index (χ0v) is 18.9. The van der Waals surface area contributed by atoms with Crippen LogP contribution in [0.2, 0.25) is 0 Å². The second-order valence-corrected chi connectivity index (χ2v) is 9.48. The van der Waals surface area contributed by atoms with E-state index in [2.05, 4.69) is 37.2 Å². The van der Waals surface area contributed by atoms with Gasteiger partial charge in [-0.2, -0.15) is 0 Å². The molecule has 8 nitrogen and oxygen atoms in total. The van der Waals surface area contributed by atoms with Crippen molar-refractivity contribution in [1.82, 2.24) is 24.8 Å². The molecule has 3 fully saturated rings. The smallest absolute Gasteiger partial charge is 0.226 e. The van der Waals surface area contributed by atoms with Gasteiger partial charge < -0.3 is 14.5 Å². The highest BCUT2D eigenvalue weighted by molar-refractivity contribution is 7.13. The van der Waals surface area contributed by atoms with Crippen molar-refractivity contribution in [3.8, 4) is 21.8 Å². The van der Waals surface area contributed by atoms with Crippen molar-refractivity contribution in [1.29, 1.82) is 0 Å². The number of morpholine rings is 1. The Labute approximate surface area is 191 Å². The van der Waals surface area contributed by atoms with Gasteiger partial charge in [-0.15, -0.1) is 11.3 Å². The molecule has 1 atom stereocenters. The molecule has 0 aliphatic carbocycles. The molecule has 166 valence electrons. The van der Waals surface area contributed by atoms with Crippen molar-refractivity contribution in [2.45, 2.75) is 18.9 Å². The summed E-state index contributed by atoms with van der Waals surface area (Å²) < 4.78 is 5.48. The molecule has 0 radical (unpaired) electrons. The summed E-state index contributed by atoms with van der Waals surface area (Å²) in [4.78, 5) is 27.6. The number of anilines is 2. The molecule has 0 N–H and O–H groups in total. The van der Waals surface area contributed by atoms with E-state index >= 15 is 0 Å². The molecule has 3 aromatic heterocycles. The molecule has 0 bridgehead atoms. The molecule has 0 saturated carbocycles. The van der Waals surface area contributed by atoms with Gasteiger partial charge in [-0.1, -0.05) is 6.07 Å². The van der Waals surface area contributed by atoms with Crippen molar-refractivity contribution in [2.75, 3.05) is 62.3 Å². The molecule has 6 rings (SSSR count). The Hall–Kier alpha value is -2.62. The molecule has 3 aromatic rings. The van der Waals surface area contributed by atoms with Gasteiger partial charge in [-0.05, 0) is 36.9 Å². The maximum absolute atomic E-state index is 5.48. The largest absolute Gasteiger partial charge is 0.378 e. The van der Waals surface area contributed by atoms with Crippen molar-refractivity contribution >= 4 is 23.2 Å². The molecule has 3 aliphatic rings. The summed E-state index contributed by atoms with van der Waals surface area (Å²) in [6.45, 7) is 7.36. The summed E-state index contributed by atoms with van der Waals surface area (Å²) in [5.41, 5.74) is 2.76. The lowest BCUT2D eigenvalue weighted by Gasteiger charge is -2.37. The van der Waals surface area contributed by atoms with Crippen LogP contribution in [0, 0.1) is 0 Å². The summed E-state index contributed by atoms with van der Waals surface area (Å²) in [5, 5.41) is 2.09. The zero-order chi connectivity index (χ0) is 21.3. The summed E-state index contributed by atoms with van der Waals surface area (Å²) in [5.74, 6) is 1.57. The molecule has 0 unspecified atom stereocenters. The minimum absolute atomic E-state index is 0.634. The Kier molecular flexibility index (Phi) is 5.46. The lowest BCUT2D eigenvalue weighted by atomic mass is 10.1. The van der Waals surface area contributed by atoms with E-state index in [1.54, 1.807) is 11.3 Å². The Balaban J connectivity index is 1.35. The minimum Gasteiger partial charge on any atom is -0.378 e. The molecule has 3 saturated heterocycles. The standard InChI is InChI=1S/C23H27N7OS/c1-3-17-16-30(9-8-28(17)7-1)23-25-15-18(21(27-23)20-4-2-14-32-20)19-5-6-24-22(26-19)29-10-12-31-13-11-29/h2,4-6,14-15,17H,1,3,7-13,16H2/t17-/m1/s1. The number of rotatable bonds is 4. The third-order valence-electron chi connectivity index (χ3n) is 6.61.